The molecular weight excluding hydrogens is 472 g/mol. The van der Waals surface area contributed by atoms with Gasteiger partial charge in [0.1, 0.15) is 73.2 Å². The molecule has 0 radical (unpaired) electrons. The van der Waals surface area contributed by atoms with Crippen molar-refractivity contribution in [3.05, 3.63) is 0 Å². The van der Waals surface area contributed by atoms with E-state index in [1.807, 2.05) is 0 Å². The Balaban J connectivity index is 1.65. The van der Waals surface area contributed by atoms with E-state index in [0.29, 0.717) is 0 Å². The summed E-state index contributed by atoms with van der Waals surface area (Å²) in [5.41, 5.74) is 0. The maximum atomic E-state index is 10.6. The van der Waals surface area contributed by atoms with Crippen LogP contribution in [0.2, 0.25) is 0 Å². The highest BCUT2D eigenvalue weighted by Gasteiger charge is 2.51. The minimum absolute atomic E-state index is 0.609. The molecule has 3 aliphatic rings. The van der Waals surface area contributed by atoms with E-state index in [-0.39, 0.29) is 0 Å². The third kappa shape index (κ3) is 5.52. The molecular formula is C18H32O16. The van der Waals surface area contributed by atoms with Crippen molar-refractivity contribution >= 4 is 0 Å². The normalized spacial score (nSPS) is 52.5. The molecule has 3 rings (SSSR count). The molecule has 200 valence electrons. The number of hydrogen-bond donors (Lipinski definition) is 11. The molecule has 0 aromatic carbocycles. The van der Waals surface area contributed by atoms with E-state index in [0.717, 1.165) is 0 Å². The first kappa shape index (κ1) is 27.9. The fourth-order valence-electron chi connectivity index (χ4n) is 3.94. The highest BCUT2D eigenvalue weighted by Crippen LogP contribution is 2.29. The summed E-state index contributed by atoms with van der Waals surface area (Å²) in [5, 5.41) is 109. The third-order valence-corrected chi connectivity index (χ3v) is 6.07. The number of rotatable bonds is 7. The highest BCUT2D eigenvalue weighted by atomic mass is 16.7. The summed E-state index contributed by atoms with van der Waals surface area (Å²) >= 11 is 0. The molecule has 3 saturated heterocycles. The highest BCUT2D eigenvalue weighted by molar-refractivity contribution is 4.94. The van der Waals surface area contributed by atoms with Crippen molar-refractivity contribution in [2.24, 2.45) is 0 Å². The van der Waals surface area contributed by atoms with Crippen LogP contribution >= 0.6 is 0 Å². The standard InChI is InChI=1S/C18H32O16/c19-1-4-7(21)10(24)12(26)17(32-4)30-3-6-9(23)15(14(28)16(29)31-6)34-18-13(27)11(25)8(22)5(2-20)33-18/h4-29H,1-3H2/t4?,5?,6?,7-,8?,9?,10?,11-,12?,13?,14?,15?,16?,17?,18+/m1/s1. The van der Waals surface area contributed by atoms with Crippen LogP contribution in [0.1, 0.15) is 0 Å². The minimum Gasteiger partial charge on any atom is -0.394 e. The molecule has 12 unspecified atom stereocenters. The molecule has 0 saturated carbocycles. The Morgan fingerprint density at radius 3 is 1.53 bits per heavy atom. The quantitative estimate of drug-likeness (QED) is 0.154. The van der Waals surface area contributed by atoms with Crippen molar-refractivity contribution in [2.45, 2.75) is 92.1 Å². The van der Waals surface area contributed by atoms with Crippen LogP contribution in [-0.4, -0.2) is 168 Å². The number of aliphatic hydroxyl groups is 11. The van der Waals surface area contributed by atoms with Crippen molar-refractivity contribution < 1.29 is 79.9 Å². The van der Waals surface area contributed by atoms with Crippen molar-refractivity contribution in [3.63, 3.8) is 0 Å². The van der Waals surface area contributed by atoms with E-state index in [1.54, 1.807) is 0 Å². The van der Waals surface area contributed by atoms with Gasteiger partial charge in [0.15, 0.2) is 18.9 Å². The van der Waals surface area contributed by atoms with Crippen LogP contribution < -0.4 is 0 Å². The van der Waals surface area contributed by atoms with Crippen LogP contribution in [0.3, 0.4) is 0 Å². The molecule has 0 aromatic rings. The number of hydrogen-bond acceptors (Lipinski definition) is 16. The molecule has 0 bridgehead atoms. The largest absolute Gasteiger partial charge is 0.394 e. The summed E-state index contributed by atoms with van der Waals surface area (Å²) < 4.78 is 26.1. The van der Waals surface area contributed by atoms with Gasteiger partial charge in [-0.3, -0.25) is 0 Å². The molecule has 0 aliphatic carbocycles. The van der Waals surface area contributed by atoms with Gasteiger partial charge in [-0.2, -0.15) is 0 Å². The Labute approximate surface area is 192 Å². The average Bonchev–Trinajstić information content (AvgIpc) is 2.82. The summed E-state index contributed by atoms with van der Waals surface area (Å²) in [7, 11) is 0. The topological polar surface area (TPSA) is 269 Å². The van der Waals surface area contributed by atoms with E-state index in [9.17, 15) is 56.2 Å². The van der Waals surface area contributed by atoms with Crippen molar-refractivity contribution in [1.29, 1.82) is 0 Å². The molecule has 11 N–H and O–H groups in total. The van der Waals surface area contributed by atoms with Gasteiger partial charge in [-0.15, -0.1) is 0 Å². The van der Waals surface area contributed by atoms with E-state index < -0.39 is 112 Å². The molecule has 15 atom stereocenters. The lowest BCUT2D eigenvalue weighted by molar-refractivity contribution is -0.361. The molecule has 0 amide bonds. The zero-order valence-electron chi connectivity index (χ0n) is 17.7. The Kier molecular flexibility index (Phi) is 9.54. The second-order valence-electron chi connectivity index (χ2n) is 8.37. The first-order chi connectivity index (χ1) is 16.0. The molecule has 0 aromatic heterocycles. The fourth-order valence-corrected chi connectivity index (χ4v) is 3.94. The van der Waals surface area contributed by atoms with Crippen LogP contribution in [0, 0.1) is 0 Å². The van der Waals surface area contributed by atoms with Crippen LogP contribution in [0.4, 0.5) is 0 Å². The van der Waals surface area contributed by atoms with E-state index in [2.05, 4.69) is 0 Å². The summed E-state index contributed by atoms with van der Waals surface area (Å²) in [6.07, 6.45) is -24.9. The predicted octanol–water partition coefficient (Wildman–Crippen LogP) is -7.57. The van der Waals surface area contributed by atoms with Crippen LogP contribution in [-0.2, 0) is 23.7 Å². The van der Waals surface area contributed by atoms with E-state index in [1.165, 1.54) is 0 Å². The van der Waals surface area contributed by atoms with Gasteiger partial charge in [0, 0.05) is 0 Å². The molecule has 3 heterocycles. The van der Waals surface area contributed by atoms with Crippen molar-refractivity contribution in [2.75, 3.05) is 19.8 Å². The van der Waals surface area contributed by atoms with Gasteiger partial charge in [0.05, 0.1) is 19.8 Å². The van der Waals surface area contributed by atoms with Crippen molar-refractivity contribution in [1.82, 2.24) is 0 Å². The van der Waals surface area contributed by atoms with Gasteiger partial charge in [0.2, 0.25) is 0 Å². The molecule has 3 aliphatic heterocycles. The summed E-state index contributed by atoms with van der Waals surface area (Å²) in [6, 6.07) is 0. The van der Waals surface area contributed by atoms with Crippen molar-refractivity contribution in [3.8, 4) is 0 Å². The van der Waals surface area contributed by atoms with E-state index >= 15 is 0 Å². The summed E-state index contributed by atoms with van der Waals surface area (Å²) in [4.78, 5) is 0. The van der Waals surface area contributed by atoms with Gasteiger partial charge >= 0.3 is 0 Å². The number of ether oxygens (including phenoxy) is 5. The monoisotopic (exact) mass is 504 g/mol. The fraction of sp³-hybridized carbons (Fsp3) is 1.00. The maximum absolute atomic E-state index is 10.6. The van der Waals surface area contributed by atoms with Crippen LogP contribution in [0.5, 0.6) is 0 Å². The Hall–Kier alpha value is -0.640. The second-order valence-corrected chi connectivity index (χ2v) is 8.37. The smallest absolute Gasteiger partial charge is 0.187 e. The lowest BCUT2D eigenvalue weighted by Crippen LogP contribution is -2.65. The Morgan fingerprint density at radius 2 is 1.00 bits per heavy atom. The maximum Gasteiger partial charge on any atom is 0.187 e. The zero-order chi connectivity index (χ0) is 25.3. The molecule has 0 spiro atoms. The van der Waals surface area contributed by atoms with Gasteiger partial charge in [-0.1, -0.05) is 0 Å². The molecule has 16 heteroatoms. The SMILES string of the molecule is OCC1O[C@@H](OC2C(O)C(O)OC(COC3OC(CO)[C@@H](O)C(O)C3O)C2O)C(O)[C@H](O)C1O. The minimum atomic E-state index is -1.93. The predicted molar refractivity (Wildman–Crippen MR) is 101 cm³/mol. The zero-order valence-corrected chi connectivity index (χ0v) is 17.7. The van der Waals surface area contributed by atoms with Crippen LogP contribution in [0.15, 0.2) is 0 Å². The van der Waals surface area contributed by atoms with Gasteiger partial charge in [-0.25, -0.2) is 0 Å². The molecule has 16 nitrogen and oxygen atoms in total. The summed E-state index contributed by atoms with van der Waals surface area (Å²) in [6.45, 7) is -2.06. The first-order valence-electron chi connectivity index (χ1n) is 10.6. The van der Waals surface area contributed by atoms with Gasteiger partial charge in [-0.05, 0) is 0 Å². The molecule has 3 fully saturated rings. The first-order valence-corrected chi connectivity index (χ1v) is 10.6. The third-order valence-electron chi connectivity index (χ3n) is 6.07. The number of aliphatic hydroxyl groups excluding tert-OH is 11. The lowest BCUT2D eigenvalue weighted by Gasteiger charge is -2.45. The Bertz CT molecular complexity index is 637. The average molecular weight is 504 g/mol. The van der Waals surface area contributed by atoms with E-state index in [4.69, 9.17) is 23.7 Å². The summed E-state index contributed by atoms with van der Waals surface area (Å²) in [5.74, 6) is 0. The second kappa shape index (κ2) is 11.6. The van der Waals surface area contributed by atoms with Gasteiger partial charge < -0.3 is 79.9 Å². The van der Waals surface area contributed by atoms with Gasteiger partial charge in [0.25, 0.3) is 0 Å². The lowest BCUT2D eigenvalue weighted by atomic mass is 9.97. The van der Waals surface area contributed by atoms with Crippen LogP contribution in [0.25, 0.3) is 0 Å². The molecule has 34 heavy (non-hydrogen) atoms. The Morgan fingerprint density at radius 1 is 0.500 bits per heavy atom.